The molecular weight excluding hydrogens is 216 g/mol. The molecule has 2 heterocycles. The first kappa shape index (κ1) is 12.8. The highest BCUT2D eigenvalue weighted by atomic mass is 16.1. The monoisotopic (exact) mass is 240 g/mol. The lowest BCUT2D eigenvalue weighted by atomic mass is 10.1. The first-order valence-corrected chi connectivity index (χ1v) is 6.67. The van der Waals surface area contributed by atoms with Gasteiger partial charge in [0, 0.05) is 58.8 Å². The number of hydrogen-bond donors (Lipinski definition) is 2. The van der Waals surface area contributed by atoms with Crippen molar-refractivity contribution in [3.05, 3.63) is 0 Å². The predicted molar refractivity (Wildman–Crippen MR) is 68.0 cm³/mol. The molecule has 5 heteroatoms. The lowest BCUT2D eigenvalue weighted by Crippen LogP contribution is -2.62. The minimum Gasteiger partial charge on any atom is -0.359 e. The van der Waals surface area contributed by atoms with Gasteiger partial charge in [-0.05, 0) is 13.0 Å². The minimum atomic E-state index is 0.157. The summed E-state index contributed by atoms with van der Waals surface area (Å²) in [5, 5.41) is 6.05. The van der Waals surface area contributed by atoms with Crippen molar-refractivity contribution in [2.45, 2.75) is 18.9 Å². The summed E-state index contributed by atoms with van der Waals surface area (Å²) in [6, 6.07) is 0.761. The number of piperazine rings is 1. The van der Waals surface area contributed by atoms with Gasteiger partial charge in [0.1, 0.15) is 0 Å². The number of nitrogens with one attached hydrogen (secondary N) is 2. The van der Waals surface area contributed by atoms with E-state index >= 15 is 0 Å². The molecule has 17 heavy (non-hydrogen) atoms. The maximum Gasteiger partial charge on any atom is 0.219 e. The van der Waals surface area contributed by atoms with Crippen molar-refractivity contribution in [3.63, 3.8) is 0 Å². The van der Waals surface area contributed by atoms with Crippen LogP contribution in [0.2, 0.25) is 0 Å². The van der Waals surface area contributed by atoms with Crippen molar-refractivity contribution in [2.75, 3.05) is 52.9 Å². The van der Waals surface area contributed by atoms with Crippen molar-refractivity contribution < 1.29 is 4.79 Å². The van der Waals surface area contributed by atoms with Crippen molar-refractivity contribution in [1.82, 2.24) is 20.4 Å². The number of hydrogen-bond acceptors (Lipinski definition) is 4. The molecule has 0 saturated carbocycles. The molecule has 0 aliphatic carbocycles. The summed E-state index contributed by atoms with van der Waals surface area (Å²) in [6.45, 7) is 8.09. The highest BCUT2D eigenvalue weighted by Gasteiger charge is 2.31. The molecule has 0 aromatic carbocycles. The zero-order valence-corrected chi connectivity index (χ0v) is 10.7. The van der Waals surface area contributed by atoms with Gasteiger partial charge in [-0.3, -0.25) is 9.69 Å². The van der Waals surface area contributed by atoms with E-state index in [9.17, 15) is 4.79 Å². The van der Waals surface area contributed by atoms with Gasteiger partial charge < -0.3 is 15.5 Å². The van der Waals surface area contributed by atoms with Gasteiger partial charge in [0.2, 0.25) is 5.91 Å². The normalized spacial score (nSPS) is 23.4. The topological polar surface area (TPSA) is 47.6 Å². The summed E-state index contributed by atoms with van der Waals surface area (Å²) in [4.78, 5) is 16.1. The smallest absolute Gasteiger partial charge is 0.219 e. The summed E-state index contributed by atoms with van der Waals surface area (Å²) in [6.07, 6.45) is 1.64. The molecule has 0 bridgehead atoms. The lowest BCUT2D eigenvalue weighted by molar-refractivity contribution is -0.120. The molecule has 0 unspecified atom stereocenters. The Hall–Kier alpha value is -0.650. The number of carbonyl (C=O) groups excluding carboxylic acids is 1. The second-order valence-electron chi connectivity index (χ2n) is 4.98. The number of nitrogens with zero attached hydrogens (tertiary/aromatic N) is 2. The molecule has 2 aliphatic heterocycles. The second-order valence-corrected chi connectivity index (χ2v) is 4.98. The Morgan fingerprint density at radius 2 is 2.06 bits per heavy atom. The molecule has 2 N–H and O–H groups in total. The van der Waals surface area contributed by atoms with E-state index in [1.165, 1.54) is 26.2 Å². The molecule has 0 aromatic heterocycles. The standard InChI is InChI=1S/C12H24N4O/c1-13-12(17)3-2-6-15-9-11(10-15)16-7-4-14-5-8-16/h11,14H,2-10H2,1H3,(H,13,17). The van der Waals surface area contributed by atoms with E-state index in [4.69, 9.17) is 0 Å². The van der Waals surface area contributed by atoms with Crippen LogP contribution in [-0.4, -0.2) is 74.6 Å². The molecule has 0 radical (unpaired) electrons. The summed E-state index contributed by atoms with van der Waals surface area (Å²) in [5.74, 6) is 0.157. The third kappa shape index (κ3) is 3.66. The molecular formula is C12H24N4O. The van der Waals surface area contributed by atoms with Gasteiger partial charge in [0.15, 0.2) is 0 Å². The summed E-state index contributed by atoms with van der Waals surface area (Å²) in [5.41, 5.74) is 0. The van der Waals surface area contributed by atoms with Crippen LogP contribution in [-0.2, 0) is 4.79 Å². The number of carbonyl (C=O) groups is 1. The quantitative estimate of drug-likeness (QED) is 0.654. The van der Waals surface area contributed by atoms with Crippen LogP contribution in [0.1, 0.15) is 12.8 Å². The molecule has 2 saturated heterocycles. The molecule has 2 aliphatic rings. The molecule has 2 rings (SSSR count). The third-order valence-corrected chi connectivity index (χ3v) is 3.76. The molecule has 5 nitrogen and oxygen atoms in total. The van der Waals surface area contributed by atoms with E-state index in [1.807, 2.05) is 0 Å². The second kappa shape index (κ2) is 6.33. The van der Waals surface area contributed by atoms with Crippen LogP contribution in [0.25, 0.3) is 0 Å². The summed E-state index contributed by atoms with van der Waals surface area (Å²) in [7, 11) is 1.70. The van der Waals surface area contributed by atoms with Gasteiger partial charge in [-0.25, -0.2) is 0 Å². The Balaban J connectivity index is 1.54. The van der Waals surface area contributed by atoms with Gasteiger partial charge >= 0.3 is 0 Å². The van der Waals surface area contributed by atoms with Gasteiger partial charge in [0.25, 0.3) is 0 Å². The van der Waals surface area contributed by atoms with Crippen molar-refractivity contribution in [3.8, 4) is 0 Å². The summed E-state index contributed by atoms with van der Waals surface area (Å²) < 4.78 is 0. The Morgan fingerprint density at radius 3 is 2.71 bits per heavy atom. The van der Waals surface area contributed by atoms with Crippen LogP contribution >= 0.6 is 0 Å². The van der Waals surface area contributed by atoms with Crippen molar-refractivity contribution >= 4 is 5.91 Å². The fourth-order valence-corrected chi connectivity index (χ4v) is 2.59. The van der Waals surface area contributed by atoms with Crippen molar-refractivity contribution in [1.29, 1.82) is 0 Å². The van der Waals surface area contributed by atoms with Gasteiger partial charge in [-0.1, -0.05) is 0 Å². The number of amides is 1. The van der Waals surface area contributed by atoms with Crippen molar-refractivity contribution in [2.24, 2.45) is 0 Å². The molecule has 0 atom stereocenters. The zero-order valence-electron chi connectivity index (χ0n) is 10.7. The van der Waals surface area contributed by atoms with Crippen LogP contribution in [0.5, 0.6) is 0 Å². The van der Waals surface area contributed by atoms with Crippen LogP contribution < -0.4 is 10.6 Å². The molecule has 1 amide bonds. The Bertz CT molecular complexity index is 247. The maximum absolute atomic E-state index is 11.1. The number of rotatable bonds is 5. The van der Waals surface area contributed by atoms with Crippen LogP contribution in [0.4, 0.5) is 0 Å². The first-order chi connectivity index (χ1) is 8.29. The van der Waals surface area contributed by atoms with Gasteiger partial charge in [0.05, 0.1) is 0 Å². The van der Waals surface area contributed by atoms with E-state index in [0.29, 0.717) is 6.42 Å². The lowest BCUT2D eigenvalue weighted by Gasteiger charge is -2.46. The highest BCUT2D eigenvalue weighted by molar-refractivity contribution is 5.75. The van der Waals surface area contributed by atoms with E-state index in [0.717, 1.165) is 32.1 Å². The fraction of sp³-hybridized carbons (Fsp3) is 0.917. The van der Waals surface area contributed by atoms with E-state index in [-0.39, 0.29) is 5.91 Å². The average molecular weight is 240 g/mol. The molecule has 0 aromatic rings. The Morgan fingerprint density at radius 1 is 1.35 bits per heavy atom. The zero-order chi connectivity index (χ0) is 12.1. The molecule has 98 valence electrons. The SMILES string of the molecule is CNC(=O)CCCN1CC(N2CCNCC2)C1. The maximum atomic E-state index is 11.1. The highest BCUT2D eigenvalue weighted by Crippen LogP contribution is 2.15. The van der Waals surface area contributed by atoms with Gasteiger partial charge in [-0.2, -0.15) is 0 Å². The van der Waals surface area contributed by atoms with Gasteiger partial charge in [-0.15, -0.1) is 0 Å². The Kier molecular flexibility index (Phi) is 4.76. The van der Waals surface area contributed by atoms with E-state index in [1.54, 1.807) is 7.05 Å². The predicted octanol–water partition coefficient (Wildman–Crippen LogP) is -0.898. The molecule has 0 spiro atoms. The number of likely N-dealkylation sites (tertiary alicyclic amines) is 1. The van der Waals surface area contributed by atoms with Crippen LogP contribution in [0.3, 0.4) is 0 Å². The van der Waals surface area contributed by atoms with E-state index < -0.39 is 0 Å². The summed E-state index contributed by atoms with van der Waals surface area (Å²) >= 11 is 0. The average Bonchev–Trinajstić information content (AvgIpc) is 2.32. The largest absolute Gasteiger partial charge is 0.359 e. The molecule has 2 fully saturated rings. The Labute approximate surface area is 104 Å². The fourth-order valence-electron chi connectivity index (χ4n) is 2.59. The third-order valence-electron chi connectivity index (χ3n) is 3.76. The van der Waals surface area contributed by atoms with Crippen LogP contribution in [0.15, 0.2) is 0 Å². The van der Waals surface area contributed by atoms with E-state index in [2.05, 4.69) is 20.4 Å². The first-order valence-electron chi connectivity index (χ1n) is 6.67. The van der Waals surface area contributed by atoms with Crippen LogP contribution in [0, 0.1) is 0 Å². The minimum absolute atomic E-state index is 0.157.